The predicted octanol–water partition coefficient (Wildman–Crippen LogP) is 2.11. The Morgan fingerprint density at radius 3 is 2.47 bits per heavy atom. The minimum Gasteiger partial charge on any atom is -0.480 e. The van der Waals surface area contributed by atoms with Crippen LogP contribution in [0.25, 0.3) is 0 Å². The van der Waals surface area contributed by atoms with Crippen molar-refractivity contribution in [3.05, 3.63) is 35.9 Å². The molecule has 5 heteroatoms. The van der Waals surface area contributed by atoms with E-state index < -0.39 is 24.6 Å². The Morgan fingerprint density at radius 2 is 1.95 bits per heavy atom. The number of alkyl halides is 1. The van der Waals surface area contributed by atoms with Crippen LogP contribution in [0.15, 0.2) is 30.3 Å². The average molecular weight is 267 g/mol. The SMILES string of the molecule is CC(CCC(=O)NC(CF)C(=O)O)c1ccccc1. The third-order valence-corrected chi connectivity index (χ3v) is 2.96. The second kappa shape index (κ2) is 7.51. The van der Waals surface area contributed by atoms with Gasteiger partial charge in [0.2, 0.25) is 5.91 Å². The van der Waals surface area contributed by atoms with Crippen LogP contribution in [0.3, 0.4) is 0 Å². The summed E-state index contributed by atoms with van der Waals surface area (Å²) in [5.41, 5.74) is 1.12. The maximum Gasteiger partial charge on any atom is 0.328 e. The number of carboxylic acids is 1. The van der Waals surface area contributed by atoms with Crippen molar-refractivity contribution in [1.29, 1.82) is 0 Å². The van der Waals surface area contributed by atoms with Gasteiger partial charge in [0, 0.05) is 6.42 Å². The zero-order chi connectivity index (χ0) is 14.3. The Kier molecular flexibility index (Phi) is 5.99. The molecule has 2 N–H and O–H groups in total. The summed E-state index contributed by atoms with van der Waals surface area (Å²) in [6.07, 6.45) is 0.772. The summed E-state index contributed by atoms with van der Waals surface area (Å²) < 4.78 is 12.3. The molecule has 0 radical (unpaired) electrons. The standard InChI is InChI=1S/C14H18FNO3/c1-10(11-5-3-2-4-6-11)7-8-13(17)16-12(9-15)14(18)19/h2-6,10,12H,7-9H2,1H3,(H,16,17)(H,18,19). The molecule has 2 atom stereocenters. The molecule has 1 amide bonds. The number of carbonyl (C=O) groups excluding carboxylic acids is 1. The Morgan fingerprint density at radius 1 is 1.32 bits per heavy atom. The molecule has 1 aromatic rings. The molecule has 1 rings (SSSR count). The Hall–Kier alpha value is -1.91. The monoisotopic (exact) mass is 267 g/mol. The molecule has 0 saturated heterocycles. The van der Waals surface area contributed by atoms with Crippen LogP contribution >= 0.6 is 0 Å². The molecule has 19 heavy (non-hydrogen) atoms. The number of aliphatic carboxylic acids is 1. The van der Waals surface area contributed by atoms with E-state index in [1.807, 2.05) is 37.3 Å². The number of hydrogen-bond acceptors (Lipinski definition) is 2. The molecule has 0 fully saturated rings. The lowest BCUT2D eigenvalue weighted by Gasteiger charge is -2.13. The topological polar surface area (TPSA) is 66.4 Å². The summed E-state index contributed by atoms with van der Waals surface area (Å²) in [6, 6.07) is 8.28. The van der Waals surface area contributed by atoms with Gasteiger partial charge < -0.3 is 10.4 Å². The third kappa shape index (κ3) is 5.07. The molecule has 0 heterocycles. The van der Waals surface area contributed by atoms with Gasteiger partial charge in [-0.2, -0.15) is 0 Å². The molecule has 1 aromatic carbocycles. The molecule has 0 aromatic heterocycles. The second-order valence-electron chi connectivity index (χ2n) is 4.46. The molecule has 0 aliphatic carbocycles. The number of amides is 1. The van der Waals surface area contributed by atoms with Crippen LogP contribution in [0.5, 0.6) is 0 Å². The number of benzene rings is 1. The van der Waals surface area contributed by atoms with E-state index in [0.29, 0.717) is 6.42 Å². The highest BCUT2D eigenvalue weighted by Gasteiger charge is 2.19. The van der Waals surface area contributed by atoms with Crippen molar-refractivity contribution in [2.45, 2.75) is 31.7 Å². The molecular formula is C14H18FNO3. The molecule has 4 nitrogen and oxygen atoms in total. The van der Waals surface area contributed by atoms with Gasteiger partial charge in [0.15, 0.2) is 6.04 Å². The largest absolute Gasteiger partial charge is 0.480 e. The summed E-state index contributed by atoms with van der Waals surface area (Å²) in [5, 5.41) is 10.8. The quantitative estimate of drug-likeness (QED) is 0.795. The first-order valence-corrected chi connectivity index (χ1v) is 6.17. The normalized spacial score (nSPS) is 13.6. The summed E-state index contributed by atoms with van der Waals surface area (Å²) in [7, 11) is 0. The Balaban J connectivity index is 2.40. The number of hydrogen-bond donors (Lipinski definition) is 2. The van der Waals surface area contributed by atoms with Crippen LogP contribution in [0.2, 0.25) is 0 Å². The van der Waals surface area contributed by atoms with E-state index in [1.165, 1.54) is 0 Å². The minimum atomic E-state index is -1.44. The summed E-state index contributed by atoms with van der Waals surface area (Å²) in [4.78, 5) is 22.1. The first kappa shape index (κ1) is 15.1. The number of halogens is 1. The smallest absolute Gasteiger partial charge is 0.328 e. The van der Waals surface area contributed by atoms with Crippen molar-refractivity contribution in [1.82, 2.24) is 5.32 Å². The maximum atomic E-state index is 12.3. The molecule has 104 valence electrons. The van der Waals surface area contributed by atoms with E-state index >= 15 is 0 Å². The molecule has 0 saturated carbocycles. The molecule has 0 aliphatic rings. The lowest BCUT2D eigenvalue weighted by atomic mass is 9.96. The fourth-order valence-electron chi connectivity index (χ4n) is 1.73. The fourth-order valence-corrected chi connectivity index (χ4v) is 1.73. The third-order valence-electron chi connectivity index (χ3n) is 2.96. The van der Waals surface area contributed by atoms with Crippen LogP contribution in [-0.4, -0.2) is 29.7 Å². The zero-order valence-electron chi connectivity index (χ0n) is 10.8. The highest BCUT2D eigenvalue weighted by Crippen LogP contribution is 2.19. The van der Waals surface area contributed by atoms with Crippen molar-refractivity contribution in [3.63, 3.8) is 0 Å². The lowest BCUT2D eigenvalue weighted by Crippen LogP contribution is -2.42. The predicted molar refractivity (Wildman–Crippen MR) is 69.6 cm³/mol. The van der Waals surface area contributed by atoms with Crippen LogP contribution in [-0.2, 0) is 9.59 Å². The zero-order valence-corrected chi connectivity index (χ0v) is 10.8. The van der Waals surface area contributed by atoms with Gasteiger partial charge >= 0.3 is 5.97 Å². The fraction of sp³-hybridized carbons (Fsp3) is 0.429. The van der Waals surface area contributed by atoms with Crippen molar-refractivity contribution < 1.29 is 19.1 Å². The van der Waals surface area contributed by atoms with E-state index in [9.17, 15) is 14.0 Å². The van der Waals surface area contributed by atoms with Crippen molar-refractivity contribution in [3.8, 4) is 0 Å². The average Bonchev–Trinajstić information content (AvgIpc) is 2.42. The van der Waals surface area contributed by atoms with Gasteiger partial charge in [-0.3, -0.25) is 4.79 Å². The van der Waals surface area contributed by atoms with Gasteiger partial charge in [-0.05, 0) is 17.9 Å². The summed E-state index contributed by atoms with van der Waals surface area (Å²) in [6.45, 7) is 0.891. The molecule has 0 spiro atoms. The van der Waals surface area contributed by atoms with Gasteiger partial charge in [0.25, 0.3) is 0 Å². The van der Waals surface area contributed by atoms with Crippen LogP contribution in [0.4, 0.5) is 4.39 Å². The van der Waals surface area contributed by atoms with Crippen LogP contribution in [0, 0.1) is 0 Å². The Labute approximate surface area is 111 Å². The van der Waals surface area contributed by atoms with Crippen molar-refractivity contribution in [2.75, 3.05) is 6.67 Å². The van der Waals surface area contributed by atoms with Crippen LogP contribution in [0.1, 0.15) is 31.2 Å². The molecule has 2 unspecified atom stereocenters. The van der Waals surface area contributed by atoms with E-state index in [0.717, 1.165) is 5.56 Å². The highest BCUT2D eigenvalue weighted by molar-refractivity contribution is 5.83. The van der Waals surface area contributed by atoms with Crippen molar-refractivity contribution >= 4 is 11.9 Å². The number of carboxylic acid groups (broad SMARTS) is 1. The highest BCUT2D eigenvalue weighted by atomic mass is 19.1. The van der Waals surface area contributed by atoms with E-state index in [1.54, 1.807) is 0 Å². The van der Waals surface area contributed by atoms with E-state index in [2.05, 4.69) is 5.32 Å². The molecular weight excluding hydrogens is 249 g/mol. The van der Waals surface area contributed by atoms with E-state index in [-0.39, 0.29) is 12.3 Å². The number of rotatable bonds is 7. The van der Waals surface area contributed by atoms with Gasteiger partial charge in [-0.1, -0.05) is 37.3 Å². The maximum absolute atomic E-state index is 12.3. The minimum absolute atomic E-state index is 0.180. The van der Waals surface area contributed by atoms with Gasteiger partial charge in [0.1, 0.15) is 6.67 Å². The van der Waals surface area contributed by atoms with Gasteiger partial charge in [-0.25, -0.2) is 9.18 Å². The van der Waals surface area contributed by atoms with E-state index in [4.69, 9.17) is 5.11 Å². The first-order valence-electron chi connectivity index (χ1n) is 6.17. The number of carbonyl (C=O) groups is 2. The Bertz CT molecular complexity index is 422. The summed E-state index contributed by atoms with van der Waals surface area (Å²) >= 11 is 0. The molecule has 0 bridgehead atoms. The van der Waals surface area contributed by atoms with Crippen molar-refractivity contribution in [2.24, 2.45) is 0 Å². The van der Waals surface area contributed by atoms with Crippen LogP contribution < -0.4 is 5.32 Å². The number of nitrogens with one attached hydrogen (secondary N) is 1. The summed E-state index contributed by atoms with van der Waals surface area (Å²) in [5.74, 6) is -1.60. The second-order valence-corrected chi connectivity index (χ2v) is 4.46. The molecule has 0 aliphatic heterocycles. The lowest BCUT2D eigenvalue weighted by molar-refractivity contribution is -0.142. The van der Waals surface area contributed by atoms with Gasteiger partial charge in [-0.15, -0.1) is 0 Å². The van der Waals surface area contributed by atoms with Gasteiger partial charge in [0.05, 0.1) is 0 Å². The first-order chi connectivity index (χ1) is 9.04.